The van der Waals surface area contributed by atoms with E-state index in [1.807, 2.05) is 18.9 Å². The van der Waals surface area contributed by atoms with Gasteiger partial charge < -0.3 is 19.1 Å². The van der Waals surface area contributed by atoms with Crippen LogP contribution >= 0.6 is 0 Å². The smallest absolute Gasteiger partial charge is 0.275 e. The van der Waals surface area contributed by atoms with Gasteiger partial charge in [-0.05, 0) is 44.3 Å². The number of nitrogens with one attached hydrogen (secondary N) is 2. The number of pyridine rings is 1. The molecular formula is C25H28FN5O5S. The van der Waals surface area contributed by atoms with Crippen LogP contribution in [0.3, 0.4) is 0 Å². The van der Waals surface area contributed by atoms with Gasteiger partial charge >= 0.3 is 0 Å². The number of piperazine rings is 1. The summed E-state index contributed by atoms with van der Waals surface area (Å²) in [5.41, 5.74) is 5.63. The maximum Gasteiger partial charge on any atom is 0.275 e. The highest BCUT2D eigenvalue weighted by molar-refractivity contribution is 7.90. The maximum atomic E-state index is 15.5. The Kier molecular flexibility index (Phi) is 6.32. The molecule has 196 valence electrons. The van der Waals surface area contributed by atoms with E-state index in [-0.39, 0.29) is 28.5 Å². The largest absolute Gasteiger partial charge is 0.487 e. The Labute approximate surface area is 213 Å². The predicted molar refractivity (Wildman–Crippen MR) is 139 cm³/mol. The van der Waals surface area contributed by atoms with Gasteiger partial charge in [0.25, 0.3) is 5.91 Å². The van der Waals surface area contributed by atoms with E-state index >= 15 is 4.39 Å². The van der Waals surface area contributed by atoms with Crippen LogP contribution in [0.15, 0.2) is 46.2 Å². The summed E-state index contributed by atoms with van der Waals surface area (Å²) in [6.45, 7) is 4.99. The van der Waals surface area contributed by atoms with Crippen LogP contribution in [0.1, 0.15) is 23.3 Å². The van der Waals surface area contributed by atoms with Crippen LogP contribution < -0.4 is 25.9 Å². The van der Waals surface area contributed by atoms with Crippen LogP contribution in [-0.4, -0.2) is 69.9 Å². The van der Waals surface area contributed by atoms with Crippen molar-refractivity contribution >= 4 is 38.0 Å². The number of amides is 1. The fourth-order valence-corrected chi connectivity index (χ4v) is 5.31. The van der Waals surface area contributed by atoms with Gasteiger partial charge in [-0.1, -0.05) is 0 Å². The van der Waals surface area contributed by atoms with E-state index in [1.165, 1.54) is 36.5 Å². The van der Waals surface area contributed by atoms with Gasteiger partial charge in [-0.3, -0.25) is 20.4 Å². The number of halogens is 1. The van der Waals surface area contributed by atoms with Gasteiger partial charge in [0, 0.05) is 38.6 Å². The summed E-state index contributed by atoms with van der Waals surface area (Å²) >= 11 is 0. The lowest BCUT2D eigenvalue weighted by molar-refractivity contribution is 0.0960. The molecule has 10 nitrogen and oxygen atoms in total. The number of nitrogens with zero attached hydrogens (tertiary/aromatic N) is 3. The van der Waals surface area contributed by atoms with Gasteiger partial charge in [0.1, 0.15) is 17.9 Å². The molecule has 2 aliphatic rings. The van der Waals surface area contributed by atoms with Crippen molar-refractivity contribution in [3.05, 3.63) is 58.1 Å². The van der Waals surface area contributed by atoms with Crippen molar-refractivity contribution < 1.29 is 22.3 Å². The van der Waals surface area contributed by atoms with E-state index in [9.17, 15) is 18.0 Å². The van der Waals surface area contributed by atoms with Crippen LogP contribution in [0, 0.1) is 5.82 Å². The van der Waals surface area contributed by atoms with Gasteiger partial charge in [0.2, 0.25) is 5.43 Å². The number of likely N-dealkylation sites (N-methyl/N-ethyl adjacent to an activating group) is 1. The van der Waals surface area contributed by atoms with Crippen molar-refractivity contribution in [3.63, 3.8) is 0 Å². The van der Waals surface area contributed by atoms with Crippen molar-refractivity contribution in [2.75, 3.05) is 56.4 Å². The molecule has 0 saturated carbocycles. The molecule has 0 radical (unpaired) electrons. The van der Waals surface area contributed by atoms with Crippen LogP contribution in [0.5, 0.6) is 5.75 Å². The summed E-state index contributed by atoms with van der Waals surface area (Å²) in [6, 6.07) is 6.81. The average molecular weight is 530 g/mol. The lowest BCUT2D eigenvalue weighted by Crippen LogP contribution is -2.45. The van der Waals surface area contributed by atoms with Crippen LogP contribution in [0.25, 0.3) is 10.9 Å². The van der Waals surface area contributed by atoms with Crippen LogP contribution in [-0.2, 0) is 9.84 Å². The van der Waals surface area contributed by atoms with Gasteiger partial charge in [0.15, 0.2) is 21.4 Å². The number of hydrogen-bond donors (Lipinski definition) is 2. The van der Waals surface area contributed by atoms with E-state index < -0.39 is 27.0 Å². The predicted octanol–water partition coefficient (Wildman–Crippen LogP) is 2.01. The second-order valence-electron chi connectivity index (χ2n) is 9.54. The summed E-state index contributed by atoms with van der Waals surface area (Å²) < 4.78 is 46.5. The summed E-state index contributed by atoms with van der Waals surface area (Å²) in [5, 5.41) is 0.0714. The number of carbonyl (C=O) groups is 1. The lowest BCUT2D eigenvalue weighted by Gasteiger charge is -2.37. The number of anilines is 2. The molecule has 1 amide bonds. The van der Waals surface area contributed by atoms with E-state index in [0.717, 1.165) is 19.3 Å². The zero-order valence-electron chi connectivity index (χ0n) is 20.7. The number of hydrogen-bond acceptors (Lipinski definition) is 8. The third kappa shape index (κ3) is 4.62. The standard InChI is InChI=1S/C25H28FN5O5S/c1-15-14-36-24-21-18(12-20(26)22(24)30-10-8-29(2)9-11-30)23(32)19(13-31(15)21)25(33)28-27-16-4-6-17(7-5-16)37(3,34)35/h4-7,12-13,15,27H,8-11,14H2,1-3H3,(H,28,33). The SMILES string of the molecule is CC1COc2c(N3CCN(C)CC3)c(F)cc3c(=O)c(C(=O)NNc4ccc(S(C)(=O)=O)cc4)cn1c23. The zero-order chi connectivity index (χ0) is 26.5. The molecule has 3 heterocycles. The van der Waals surface area contributed by atoms with E-state index in [0.29, 0.717) is 35.7 Å². The van der Waals surface area contributed by atoms with Crippen molar-refractivity contribution in [1.82, 2.24) is 14.9 Å². The number of hydrazine groups is 1. The minimum Gasteiger partial charge on any atom is -0.487 e. The fraction of sp³-hybridized carbons (Fsp3) is 0.360. The highest BCUT2D eigenvalue weighted by Crippen LogP contribution is 2.42. The molecule has 2 aromatic carbocycles. The first-order chi connectivity index (χ1) is 17.5. The molecule has 1 saturated heterocycles. The van der Waals surface area contributed by atoms with Crippen molar-refractivity contribution in [2.24, 2.45) is 0 Å². The maximum absolute atomic E-state index is 15.5. The number of benzene rings is 2. The first-order valence-electron chi connectivity index (χ1n) is 11.9. The monoisotopic (exact) mass is 529 g/mol. The first kappa shape index (κ1) is 25.0. The Bertz CT molecular complexity index is 1550. The third-order valence-corrected chi connectivity index (χ3v) is 7.94. The fourth-order valence-electron chi connectivity index (χ4n) is 4.68. The number of rotatable bonds is 5. The van der Waals surface area contributed by atoms with Gasteiger partial charge in [-0.15, -0.1) is 0 Å². The minimum absolute atomic E-state index is 0.0714. The van der Waals surface area contributed by atoms with Gasteiger partial charge in [-0.25, -0.2) is 12.8 Å². The third-order valence-electron chi connectivity index (χ3n) is 6.81. The molecule has 3 aromatic rings. The topological polar surface area (TPSA) is 113 Å². The van der Waals surface area contributed by atoms with E-state index in [1.54, 1.807) is 4.57 Å². The van der Waals surface area contributed by atoms with Crippen molar-refractivity contribution in [2.45, 2.75) is 17.9 Å². The van der Waals surface area contributed by atoms with Gasteiger partial charge in [-0.2, -0.15) is 0 Å². The summed E-state index contributed by atoms with van der Waals surface area (Å²) in [4.78, 5) is 30.6. The summed E-state index contributed by atoms with van der Waals surface area (Å²) in [5.74, 6) is -0.940. The summed E-state index contributed by atoms with van der Waals surface area (Å²) in [7, 11) is -1.34. The van der Waals surface area contributed by atoms with Crippen LogP contribution in [0.2, 0.25) is 0 Å². The molecule has 0 spiro atoms. The van der Waals surface area contributed by atoms with Crippen LogP contribution in [0.4, 0.5) is 15.8 Å². The normalized spacial score (nSPS) is 17.9. The second-order valence-corrected chi connectivity index (χ2v) is 11.6. The van der Waals surface area contributed by atoms with Gasteiger partial charge in [0.05, 0.1) is 27.5 Å². The average Bonchev–Trinajstić information content (AvgIpc) is 2.86. The van der Waals surface area contributed by atoms with E-state index in [4.69, 9.17) is 4.74 Å². The summed E-state index contributed by atoms with van der Waals surface area (Å²) in [6.07, 6.45) is 2.59. The molecule has 37 heavy (non-hydrogen) atoms. The molecule has 12 heteroatoms. The quantitative estimate of drug-likeness (QED) is 0.483. The Balaban J connectivity index is 1.49. The number of sulfone groups is 1. The molecule has 0 aliphatic carbocycles. The number of ether oxygens (including phenoxy) is 1. The Morgan fingerprint density at radius 2 is 1.81 bits per heavy atom. The molecule has 2 N–H and O–H groups in total. The molecule has 1 atom stereocenters. The molecule has 1 unspecified atom stereocenters. The van der Waals surface area contributed by atoms with Crippen molar-refractivity contribution in [3.8, 4) is 5.75 Å². The zero-order valence-corrected chi connectivity index (χ0v) is 21.6. The minimum atomic E-state index is -3.35. The molecular weight excluding hydrogens is 501 g/mol. The number of aromatic nitrogens is 1. The van der Waals surface area contributed by atoms with Crippen molar-refractivity contribution in [1.29, 1.82) is 0 Å². The molecule has 2 aliphatic heterocycles. The molecule has 5 rings (SSSR count). The molecule has 1 aromatic heterocycles. The molecule has 0 bridgehead atoms. The second kappa shape index (κ2) is 9.34. The Morgan fingerprint density at radius 1 is 1.14 bits per heavy atom. The first-order valence-corrected chi connectivity index (χ1v) is 13.8. The Hall–Kier alpha value is -3.64. The lowest BCUT2D eigenvalue weighted by atomic mass is 10.0. The highest BCUT2D eigenvalue weighted by Gasteiger charge is 2.31. The highest BCUT2D eigenvalue weighted by atomic mass is 32.2. The van der Waals surface area contributed by atoms with E-state index in [2.05, 4.69) is 15.8 Å². The molecule has 1 fully saturated rings. The Morgan fingerprint density at radius 3 is 2.46 bits per heavy atom. The number of carbonyl (C=O) groups excluding carboxylic acids is 1.